The van der Waals surface area contributed by atoms with Gasteiger partial charge in [0.25, 0.3) is 0 Å². The summed E-state index contributed by atoms with van der Waals surface area (Å²) in [6.45, 7) is 10.2. The fourth-order valence-corrected chi connectivity index (χ4v) is 4.57. The number of esters is 1. The molecule has 0 spiro atoms. The van der Waals surface area contributed by atoms with Gasteiger partial charge in [-0.25, -0.2) is 9.79 Å². The van der Waals surface area contributed by atoms with Crippen LogP contribution in [-0.2, 0) is 14.3 Å². The number of carbonyl (C=O) groups is 2. The molecule has 1 aromatic carbocycles. The molecule has 5 nitrogen and oxygen atoms in total. The lowest BCUT2D eigenvalue weighted by Crippen LogP contribution is -2.40. The number of amidine groups is 1. The van der Waals surface area contributed by atoms with Gasteiger partial charge in [0, 0.05) is 0 Å². The third-order valence-electron chi connectivity index (χ3n) is 4.94. The number of aliphatic imine (C=N–C) groups is 1. The molecule has 27 heavy (non-hydrogen) atoms. The first-order valence-electron chi connectivity index (χ1n) is 9.45. The molecule has 1 amide bonds. The minimum absolute atomic E-state index is 0.00786. The summed E-state index contributed by atoms with van der Waals surface area (Å²) in [5, 5.41) is 0.519. The van der Waals surface area contributed by atoms with E-state index in [0.29, 0.717) is 22.4 Å². The number of carbonyl (C=O) groups excluding carboxylic acids is 2. The van der Waals surface area contributed by atoms with Gasteiger partial charge in [-0.05, 0) is 37.3 Å². The Balaban J connectivity index is 2.10. The molecule has 0 bridgehead atoms. The number of thioether (sulfide) groups is 1. The summed E-state index contributed by atoms with van der Waals surface area (Å²) in [5.74, 6) is 0.0137. The fourth-order valence-electron chi connectivity index (χ4n) is 3.44. The van der Waals surface area contributed by atoms with Crippen molar-refractivity contribution < 1.29 is 14.3 Å². The van der Waals surface area contributed by atoms with Gasteiger partial charge in [0.05, 0.1) is 29.2 Å². The average Bonchev–Trinajstić information content (AvgIpc) is 2.96. The van der Waals surface area contributed by atoms with E-state index in [1.54, 1.807) is 11.8 Å². The predicted molar refractivity (Wildman–Crippen MR) is 109 cm³/mol. The fraction of sp³-hybridized carbons (Fsp3) is 0.476. The Morgan fingerprint density at radius 2 is 1.93 bits per heavy atom. The van der Waals surface area contributed by atoms with Crippen molar-refractivity contribution in [3.8, 4) is 0 Å². The second kappa shape index (κ2) is 7.89. The van der Waals surface area contributed by atoms with Crippen LogP contribution in [0.25, 0.3) is 0 Å². The van der Waals surface area contributed by atoms with Crippen LogP contribution in [0.1, 0.15) is 64.1 Å². The van der Waals surface area contributed by atoms with Crippen LogP contribution in [0.15, 0.2) is 40.5 Å². The number of ether oxygens (including phenoxy) is 1. The van der Waals surface area contributed by atoms with Gasteiger partial charge in [0.15, 0.2) is 5.17 Å². The minimum atomic E-state index is -0.491. The van der Waals surface area contributed by atoms with Crippen molar-refractivity contribution in [3.05, 3.63) is 46.7 Å². The summed E-state index contributed by atoms with van der Waals surface area (Å²) in [4.78, 5) is 32.0. The number of allylic oxidation sites excluding steroid dienone is 1. The topological polar surface area (TPSA) is 59.0 Å². The van der Waals surface area contributed by atoms with Crippen LogP contribution in [0.2, 0.25) is 0 Å². The highest BCUT2D eigenvalue weighted by Gasteiger charge is 2.47. The largest absolute Gasteiger partial charge is 0.463 e. The molecule has 2 heterocycles. The SMILES string of the molecule is CCOC(=O)C1=C(C)N=C2SC(CC)C(=O)N2C1c1ccc(C(C)C)cc1. The highest BCUT2D eigenvalue weighted by molar-refractivity contribution is 8.15. The summed E-state index contributed by atoms with van der Waals surface area (Å²) in [7, 11) is 0. The van der Waals surface area contributed by atoms with Crippen LogP contribution in [0, 0.1) is 0 Å². The van der Waals surface area contributed by atoms with Crippen LogP contribution in [0.5, 0.6) is 0 Å². The van der Waals surface area contributed by atoms with Gasteiger partial charge >= 0.3 is 5.97 Å². The molecule has 2 unspecified atom stereocenters. The number of hydrogen-bond acceptors (Lipinski definition) is 5. The maximum absolute atomic E-state index is 13.0. The number of rotatable bonds is 5. The van der Waals surface area contributed by atoms with E-state index < -0.39 is 12.0 Å². The Hall–Kier alpha value is -2.08. The van der Waals surface area contributed by atoms with Crippen LogP contribution in [-0.4, -0.2) is 33.8 Å². The lowest BCUT2D eigenvalue weighted by Gasteiger charge is -2.33. The van der Waals surface area contributed by atoms with Gasteiger partial charge in [0.1, 0.15) is 0 Å². The van der Waals surface area contributed by atoms with Gasteiger partial charge in [0.2, 0.25) is 5.91 Å². The summed E-state index contributed by atoms with van der Waals surface area (Å²) in [6.07, 6.45) is 0.728. The summed E-state index contributed by atoms with van der Waals surface area (Å²) >= 11 is 1.48. The average molecular weight is 387 g/mol. The maximum Gasteiger partial charge on any atom is 0.338 e. The summed E-state index contributed by atoms with van der Waals surface area (Å²) in [6, 6.07) is 7.65. The Morgan fingerprint density at radius 1 is 1.26 bits per heavy atom. The van der Waals surface area contributed by atoms with Crippen molar-refractivity contribution in [2.45, 2.75) is 58.2 Å². The van der Waals surface area contributed by atoms with E-state index in [9.17, 15) is 9.59 Å². The zero-order valence-electron chi connectivity index (χ0n) is 16.5. The molecule has 6 heteroatoms. The quantitative estimate of drug-likeness (QED) is 0.703. The Bertz CT molecular complexity index is 811. The van der Waals surface area contributed by atoms with Crippen molar-refractivity contribution in [1.82, 2.24) is 4.90 Å². The Kier molecular flexibility index (Phi) is 5.75. The van der Waals surface area contributed by atoms with Gasteiger partial charge in [-0.15, -0.1) is 0 Å². The van der Waals surface area contributed by atoms with Crippen LogP contribution in [0.3, 0.4) is 0 Å². The third-order valence-corrected chi connectivity index (χ3v) is 6.25. The highest BCUT2D eigenvalue weighted by Crippen LogP contribution is 2.44. The van der Waals surface area contributed by atoms with E-state index in [-0.39, 0.29) is 17.8 Å². The van der Waals surface area contributed by atoms with Crippen LogP contribution >= 0.6 is 11.8 Å². The van der Waals surface area contributed by atoms with E-state index in [2.05, 4.69) is 31.0 Å². The smallest absolute Gasteiger partial charge is 0.338 e. The molecule has 1 saturated heterocycles. The second-order valence-corrected chi connectivity index (χ2v) is 8.23. The molecule has 2 aliphatic rings. The molecule has 0 N–H and O–H groups in total. The monoisotopic (exact) mass is 386 g/mol. The van der Waals surface area contributed by atoms with Gasteiger partial charge in [-0.3, -0.25) is 9.69 Å². The van der Waals surface area contributed by atoms with Crippen molar-refractivity contribution in [2.24, 2.45) is 4.99 Å². The first-order valence-corrected chi connectivity index (χ1v) is 10.3. The number of benzene rings is 1. The standard InChI is InChI=1S/C21H26N2O3S/c1-6-16-19(24)23-18(15-10-8-14(9-11-15)12(3)4)17(20(25)26-7-2)13(5)22-21(23)27-16/h8-12,16,18H,6-7H2,1-5H3. The molecular weight excluding hydrogens is 360 g/mol. The maximum atomic E-state index is 13.0. The molecule has 2 atom stereocenters. The van der Waals surface area contributed by atoms with Gasteiger partial charge in [-0.1, -0.05) is 56.8 Å². The first kappa shape index (κ1) is 19.7. The van der Waals surface area contributed by atoms with E-state index in [1.165, 1.54) is 17.3 Å². The molecule has 1 fully saturated rings. The van der Waals surface area contributed by atoms with Crippen molar-refractivity contribution in [2.75, 3.05) is 6.61 Å². The molecule has 0 saturated carbocycles. The molecule has 0 aromatic heterocycles. The van der Waals surface area contributed by atoms with E-state index in [0.717, 1.165) is 12.0 Å². The number of fused-ring (bicyclic) bond motifs is 1. The Labute approximate surface area is 164 Å². The highest BCUT2D eigenvalue weighted by atomic mass is 32.2. The lowest BCUT2D eigenvalue weighted by atomic mass is 9.92. The van der Waals surface area contributed by atoms with E-state index in [1.807, 2.05) is 26.0 Å². The third kappa shape index (κ3) is 3.55. The molecule has 0 aliphatic carbocycles. The van der Waals surface area contributed by atoms with Crippen LogP contribution in [0.4, 0.5) is 0 Å². The zero-order chi connectivity index (χ0) is 19.7. The molecule has 3 rings (SSSR count). The Morgan fingerprint density at radius 3 is 2.48 bits per heavy atom. The number of hydrogen-bond donors (Lipinski definition) is 0. The minimum Gasteiger partial charge on any atom is -0.463 e. The summed E-state index contributed by atoms with van der Waals surface area (Å²) in [5.41, 5.74) is 3.19. The normalized spacial score (nSPS) is 22.2. The van der Waals surface area contributed by atoms with Gasteiger partial charge < -0.3 is 4.74 Å². The predicted octanol–water partition coefficient (Wildman–Crippen LogP) is 4.41. The molecule has 1 aromatic rings. The number of amides is 1. The van der Waals surface area contributed by atoms with E-state index >= 15 is 0 Å². The summed E-state index contributed by atoms with van der Waals surface area (Å²) < 4.78 is 5.29. The zero-order valence-corrected chi connectivity index (χ0v) is 17.3. The second-order valence-electron chi connectivity index (χ2n) is 7.06. The van der Waals surface area contributed by atoms with Crippen molar-refractivity contribution in [1.29, 1.82) is 0 Å². The van der Waals surface area contributed by atoms with Crippen molar-refractivity contribution in [3.63, 3.8) is 0 Å². The van der Waals surface area contributed by atoms with Crippen LogP contribution < -0.4 is 0 Å². The molecule has 2 aliphatic heterocycles. The molecule has 144 valence electrons. The molecular formula is C21H26N2O3S. The van der Waals surface area contributed by atoms with E-state index in [4.69, 9.17) is 4.74 Å². The van der Waals surface area contributed by atoms with Gasteiger partial charge in [-0.2, -0.15) is 0 Å². The first-order chi connectivity index (χ1) is 12.9. The molecule has 0 radical (unpaired) electrons. The lowest BCUT2D eigenvalue weighted by molar-refractivity contribution is -0.139. The number of nitrogens with zero attached hydrogens (tertiary/aromatic N) is 2. The van der Waals surface area contributed by atoms with Crippen molar-refractivity contribution >= 4 is 28.8 Å².